The Morgan fingerprint density at radius 1 is 1.41 bits per heavy atom. The molecule has 3 nitrogen and oxygen atoms in total. The molecule has 1 heterocycles. The zero-order valence-electron chi connectivity index (χ0n) is 9.37. The van der Waals surface area contributed by atoms with Gasteiger partial charge in [-0.05, 0) is 42.3 Å². The van der Waals surface area contributed by atoms with E-state index in [1.165, 1.54) is 6.26 Å². The summed E-state index contributed by atoms with van der Waals surface area (Å²) in [6.45, 7) is 2.05. The Labute approximate surface area is 108 Å². The number of hydrogen-bond acceptors (Lipinski definition) is 2. The molecule has 0 radical (unpaired) electrons. The van der Waals surface area contributed by atoms with Crippen LogP contribution in [-0.2, 0) is 6.42 Å². The molecule has 2 aromatic rings. The third-order valence-electron chi connectivity index (χ3n) is 2.44. The smallest absolute Gasteiger partial charge is 0.291 e. The highest BCUT2D eigenvalue weighted by Gasteiger charge is 2.10. The van der Waals surface area contributed by atoms with E-state index in [9.17, 15) is 4.79 Å². The fourth-order valence-electron chi connectivity index (χ4n) is 1.57. The molecule has 1 N–H and O–H groups in total. The van der Waals surface area contributed by atoms with E-state index >= 15 is 0 Å². The number of aryl methyl sites for hydroxylation is 1. The Morgan fingerprint density at radius 3 is 2.88 bits per heavy atom. The van der Waals surface area contributed by atoms with Crippen molar-refractivity contribution in [3.63, 3.8) is 0 Å². The van der Waals surface area contributed by atoms with E-state index in [0.717, 1.165) is 22.1 Å². The first kappa shape index (κ1) is 11.9. The number of carbonyl (C=O) groups is 1. The lowest BCUT2D eigenvalue weighted by molar-refractivity contribution is 0.0996. The van der Waals surface area contributed by atoms with Crippen molar-refractivity contribution in [2.45, 2.75) is 13.3 Å². The molecule has 17 heavy (non-hydrogen) atoms. The first-order valence-electron chi connectivity index (χ1n) is 5.34. The number of rotatable bonds is 3. The molecule has 0 unspecified atom stereocenters. The minimum absolute atomic E-state index is 0.230. The average Bonchev–Trinajstić information content (AvgIpc) is 2.85. The van der Waals surface area contributed by atoms with Crippen LogP contribution in [0.1, 0.15) is 23.0 Å². The van der Waals surface area contributed by atoms with Gasteiger partial charge >= 0.3 is 0 Å². The van der Waals surface area contributed by atoms with Crippen LogP contribution in [0.2, 0.25) is 0 Å². The summed E-state index contributed by atoms with van der Waals surface area (Å²) in [4.78, 5) is 11.8. The van der Waals surface area contributed by atoms with Crippen molar-refractivity contribution >= 4 is 27.5 Å². The molecular formula is C13H12BrNO2. The van der Waals surface area contributed by atoms with Crippen LogP contribution in [-0.4, -0.2) is 5.91 Å². The molecule has 0 saturated carbocycles. The molecule has 0 atom stereocenters. The summed E-state index contributed by atoms with van der Waals surface area (Å²) in [5.74, 6) is 0.0852. The van der Waals surface area contributed by atoms with Crippen LogP contribution in [0.5, 0.6) is 0 Å². The van der Waals surface area contributed by atoms with E-state index in [0.29, 0.717) is 5.76 Å². The van der Waals surface area contributed by atoms with Crippen LogP contribution in [0.4, 0.5) is 5.69 Å². The van der Waals surface area contributed by atoms with Crippen molar-refractivity contribution in [3.05, 3.63) is 52.4 Å². The number of nitrogens with one attached hydrogen (secondary N) is 1. The van der Waals surface area contributed by atoms with E-state index in [-0.39, 0.29) is 5.91 Å². The highest BCUT2D eigenvalue weighted by molar-refractivity contribution is 9.10. The van der Waals surface area contributed by atoms with Crippen molar-refractivity contribution in [2.24, 2.45) is 0 Å². The van der Waals surface area contributed by atoms with Gasteiger partial charge in [-0.25, -0.2) is 0 Å². The first-order chi connectivity index (χ1) is 8.20. The minimum Gasteiger partial charge on any atom is -0.459 e. The SMILES string of the molecule is CCc1cc(Br)ccc1NC(=O)c1ccco1. The minimum atomic E-state index is -0.230. The fourth-order valence-corrected chi connectivity index (χ4v) is 1.98. The van der Waals surface area contributed by atoms with Crippen LogP contribution < -0.4 is 5.32 Å². The summed E-state index contributed by atoms with van der Waals surface area (Å²) >= 11 is 3.41. The second kappa shape index (κ2) is 5.19. The summed E-state index contributed by atoms with van der Waals surface area (Å²) in [6.07, 6.45) is 2.34. The van der Waals surface area contributed by atoms with Crippen LogP contribution in [0, 0.1) is 0 Å². The van der Waals surface area contributed by atoms with Crippen molar-refractivity contribution in [3.8, 4) is 0 Å². The van der Waals surface area contributed by atoms with Crippen LogP contribution in [0.3, 0.4) is 0 Å². The van der Waals surface area contributed by atoms with Gasteiger partial charge in [0.25, 0.3) is 5.91 Å². The highest BCUT2D eigenvalue weighted by atomic mass is 79.9. The summed E-state index contributed by atoms with van der Waals surface area (Å²) in [6, 6.07) is 9.11. The highest BCUT2D eigenvalue weighted by Crippen LogP contribution is 2.22. The molecule has 0 aliphatic rings. The molecule has 0 aliphatic heterocycles. The summed E-state index contributed by atoms with van der Waals surface area (Å²) in [5, 5.41) is 2.84. The quantitative estimate of drug-likeness (QED) is 0.934. The molecule has 0 aliphatic carbocycles. The normalized spacial score (nSPS) is 10.2. The van der Waals surface area contributed by atoms with Crippen molar-refractivity contribution in [1.29, 1.82) is 0 Å². The van der Waals surface area contributed by atoms with Gasteiger partial charge in [-0.15, -0.1) is 0 Å². The molecule has 0 bridgehead atoms. The zero-order chi connectivity index (χ0) is 12.3. The molecule has 1 amide bonds. The van der Waals surface area contributed by atoms with Crippen molar-refractivity contribution in [1.82, 2.24) is 0 Å². The summed E-state index contributed by atoms with van der Waals surface area (Å²) in [7, 11) is 0. The molecule has 0 saturated heterocycles. The van der Waals surface area contributed by atoms with E-state index in [2.05, 4.69) is 21.2 Å². The van der Waals surface area contributed by atoms with E-state index < -0.39 is 0 Å². The zero-order valence-corrected chi connectivity index (χ0v) is 11.0. The fraction of sp³-hybridized carbons (Fsp3) is 0.154. The number of amides is 1. The van der Waals surface area contributed by atoms with Gasteiger partial charge in [0.15, 0.2) is 5.76 Å². The average molecular weight is 294 g/mol. The largest absolute Gasteiger partial charge is 0.459 e. The second-order valence-electron chi connectivity index (χ2n) is 3.59. The number of anilines is 1. The van der Waals surface area contributed by atoms with Crippen molar-refractivity contribution < 1.29 is 9.21 Å². The van der Waals surface area contributed by atoms with Gasteiger partial charge in [-0.2, -0.15) is 0 Å². The Bertz CT molecular complexity index is 520. The van der Waals surface area contributed by atoms with Crippen LogP contribution >= 0.6 is 15.9 Å². The standard InChI is InChI=1S/C13H12BrNO2/c1-2-9-8-10(14)5-6-11(9)15-13(16)12-4-3-7-17-12/h3-8H,2H2,1H3,(H,15,16). The predicted molar refractivity (Wildman–Crippen MR) is 70.2 cm³/mol. The Hall–Kier alpha value is -1.55. The second-order valence-corrected chi connectivity index (χ2v) is 4.50. The number of benzene rings is 1. The number of furan rings is 1. The molecule has 1 aromatic carbocycles. The Balaban J connectivity index is 2.21. The maximum Gasteiger partial charge on any atom is 0.291 e. The van der Waals surface area contributed by atoms with Gasteiger partial charge in [-0.1, -0.05) is 22.9 Å². The van der Waals surface area contributed by atoms with Crippen LogP contribution in [0.15, 0.2) is 45.5 Å². The predicted octanol–water partition coefficient (Wildman–Crippen LogP) is 3.86. The van der Waals surface area contributed by atoms with Gasteiger partial charge < -0.3 is 9.73 Å². The molecule has 2 rings (SSSR count). The third kappa shape index (κ3) is 2.77. The van der Waals surface area contributed by atoms with E-state index in [1.807, 2.05) is 25.1 Å². The lowest BCUT2D eigenvalue weighted by Crippen LogP contribution is -2.12. The molecule has 1 aromatic heterocycles. The molecule has 4 heteroatoms. The number of carbonyl (C=O) groups excluding carboxylic acids is 1. The monoisotopic (exact) mass is 293 g/mol. The van der Waals surface area contributed by atoms with Gasteiger partial charge in [-0.3, -0.25) is 4.79 Å². The lowest BCUT2D eigenvalue weighted by atomic mass is 10.1. The van der Waals surface area contributed by atoms with Crippen LogP contribution in [0.25, 0.3) is 0 Å². The maximum atomic E-state index is 11.8. The van der Waals surface area contributed by atoms with Gasteiger partial charge in [0.05, 0.1) is 6.26 Å². The van der Waals surface area contributed by atoms with E-state index in [1.54, 1.807) is 12.1 Å². The lowest BCUT2D eigenvalue weighted by Gasteiger charge is -2.09. The van der Waals surface area contributed by atoms with Gasteiger partial charge in [0, 0.05) is 10.2 Å². The number of halogens is 1. The maximum absolute atomic E-state index is 11.8. The third-order valence-corrected chi connectivity index (χ3v) is 2.93. The van der Waals surface area contributed by atoms with Gasteiger partial charge in [0.2, 0.25) is 0 Å². The Morgan fingerprint density at radius 2 is 2.24 bits per heavy atom. The first-order valence-corrected chi connectivity index (χ1v) is 6.13. The molecule has 0 fully saturated rings. The summed E-state index contributed by atoms with van der Waals surface area (Å²) < 4.78 is 6.05. The van der Waals surface area contributed by atoms with E-state index in [4.69, 9.17) is 4.42 Å². The Kier molecular flexibility index (Phi) is 3.64. The van der Waals surface area contributed by atoms with Crippen molar-refractivity contribution in [2.75, 3.05) is 5.32 Å². The molecule has 88 valence electrons. The number of hydrogen-bond donors (Lipinski definition) is 1. The summed E-state index contributed by atoms with van der Waals surface area (Å²) in [5.41, 5.74) is 1.90. The molecular weight excluding hydrogens is 282 g/mol. The molecule has 0 spiro atoms. The topological polar surface area (TPSA) is 42.2 Å². The van der Waals surface area contributed by atoms with Gasteiger partial charge in [0.1, 0.15) is 0 Å².